The maximum Gasteiger partial charge on any atom is 0.293 e. The molecule has 0 bridgehead atoms. The van der Waals surface area contributed by atoms with E-state index in [2.05, 4.69) is 15.3 Å². The Hall–Kier alpha value is -3.41. The number of aromatic nitrogens is 1. The summed E-state index contributed by atoms with van der Waals surface area (Å²) in [5.74, 6) is 0.217. The lowest BCUT2D eigenvalue weighted by molar-refractivity contribution is -0.116. The number of carbonyl (C=O) groups excluding carboxylic acids is 2. The predicted octanol–water partition coefficient (Wildman–Crippen LogP) is 2.90. The summed E-state index contributed by atoms with van der Waals surface area (Å²) in [6.45, 7) is 1.91. The van der Waals surface area contributed by atoms with Gasteiger partial charge in [-0.3, -0.25) is 9.59 Å². The minimum atomic E-state index is -0.371. The summed E-state index contributed by atoms with van der Waals surface area (Å²) in [6, 6.07) is 7.32. The maximum atomic E-state index is 12.5. The van der Waals surface area contributed by atoms with Gasteiger partial charge in [-0.1, -0.05) is 11.6 Å². The summed E-state index contributed by atoms with van der Waals surface area (Å²) < 4.78 is 5.19. The third kappa shape index (κ3) is 2.86. The number of nitrogens with zero attached hydrogens (tertiary/aromatic N) is 1. The van der Waals surface area contributed by atoms with Gasteiger partial charge in [0.15, 0.2) is 0 Å². The van der Waals surface area contributed by atoms with E-state index in [1.54, 1.807) is 31.4 Å². The molecule has 1 atom stereocenters. The van der Waals surface area contributed by atoms with Crippen LogP contribution >= 0.6 is 0 Å². The molecule has 0 spiro atoms. The summed E-state index contributed by atoms with van der Waals surface area (Å²) in [5.41, 5.74) is 3.42. The van der Waals surface area contributed by atoms with Gasteiger partial charge in [0.05, 0.1) is 12.8 Å². The molecule has 130 valence electrons. The van der Waals surface area contributed by atoms with Crippen LogP contribution in [0.2, 0.25) is 0 Å². The van der Waals surface area contributed by atoms with E-state index in [0.29, 0.717) is 17.2 Å². The van der Waals surface area contributed by atoms with Crippen molar-refractivity contribution in [3.63, 3.8) is 0 Å². The highest BCUT2D eigenvalue weighted by molar-refractivity contribution is 6.14. The van der Waals surface area contributed by atoms with E-state index in [4.69, 9.17) is 4.74 Å². The minimum Gasteiger partial charge on any atom is -0.497 e. The van der Waals surface area contributed by atoms with E-state index in [0.717, 1.165) is 22.2 Å². The lowest BCUT2D eigenvalue weighted by atomic mass is 9.89. The molecule has 2 heterocycles. The largest absolute Gasteiger partial charge is 0.497 e. The van der Waals surface area contributed by atoms with Crippen molar-refractivity contribution in [3.8, 4) is 5.75 Å². The number of rotatable bonds is 2. The molecule has 1 aliphatic heterocycles. The first-order chi connectivity index (χ1) is 12.5. The van der Waals surface area contributed by atoms with Crippen LogP contribution in [-0.4, -0.2) is 29.6 Å². The molecule has 6 nitrogen and oxygen atoms in total. The molecule has 2 amide bonds. The average Bonchev–Trinajstić information content (AvgIpc) is 3.04. The van der Waals surface area contributed by atoms with Crippen LogP contribution in [0.3, 0.4) is 0 Å². The van der Waals surface area contributed by atoms with Crippen LogP contribution < -0.4 is 10.1 Å². The van der Waals surface area contributed by atoms with Crippen LogP contribution in [0.1, 0.15) is 17.4 Å². The zero-order valence-electron chi connectivity index (χ0n) is 14.4. The Labute approximate surface area is 150 Å². The monoisotopic (exact) mass is 347 g/mol. The molecule has 1 aromatic heterocycles. The lowest BCUT2D eigenvalue weighted by Crippen LogP contribution is -2.32. The van der Waals surface area contributed by atoms with Crippen LogP contribution in [0.15, 0.2) is 64.8 Å². The fourth-order valence-corrected chi connectivity index (χ4v) is 3.18. The van der Waals surface area contributed by atoms with E-state index in [9.17, 15) is 9.59 Å². The molecule has 1 aliphatic carbocycles. The summed E-state index contributed by atoms with van der Waals surface area (Å²) in [6.07, 6.45) is 7.05. The summed E-state index contributed by atoms with van der Waals surface area (Å²) >= 11 is 0. The number of methoxy groups -OCH3 is 1. The highest BCUT2D eigenvalue weighted by Crippen LogP contribution is 2.27. The molecular formula is C20H17N3O3. The molecule has 0 saturated heterocycles. The number of fused-ring (bicyclic) bond motifs is 2. The van der Waals surface area contributed by atoms with Crippen molar-refractivity contribution < 1.29 is 14.3 Å². The third-order valence-corrected chi connectivity index (χ3v) is 4.51. The van der Waals surface area contributed by atoms with Crippen LogP contribution in [0.25, 0.3) is 10.9 Å². The number of aliphatic imine (C=N–C) groups is 1. The summed E-state index contributed by atoms with van der Waals surface area (Å²) in [4.78, 5) is 31.4. The number of amides is 2. The van der Waals surface area contributed by atoms with E-state index < -0.39 is 0 Å². The van der Waals surface area contributed by atoms with Crippen molar-refractivity contribution in [1.29, 1.82) is 0 Å². The van der Waals surface area contributed by atoms with Gasteiger partial charge in [0.25, 0.3) is 5.91 Å². The van der Waals surface area contributed by atoms with Crippen molar-refractivity contribution in [2.45, 2.75) is 6.92 Å². The second kappa shape index (κ2) is 6.15. The van der Waals surface area contributed by atoms with Gasteiger partial charge in [0.1, 0.15) is 11.4 Å². The topological polar surface area (TPSA) is 83.5 Å². The smallest absolute Gasteiger partial charge is 0.293 e. The second-order valence-corrected chi connectivity index (χ2v) is 6.29. The van der Waals surface area contributed by atoms with Crippen LogP contribution in [0.4, 0.5) is 0 Å². The van der Waals surface area contributed by atoms with E-state index >= 15 is 0 Å². The number of hydrogen-bond donors (Lipinski definition) is 2. The zero-order valence-corrected chi connectivity index (χ0v) is 14.4. The predicted molar refractivity (Wildman–Crippen MR) is 99.2 cm³/mol. The first-order valence-electron chi connectivity index (χ1n) is 8.22. The molecule has 0 fully saturated rings. The van der Waals surface area contributed by atoms with Crippen molar-refractivity contribution in [2.24, 2.45) is 10.9 Å². The highest BCUT2D eigenvalue weighted by Gasteiger charge is 2.24. The number of carbonyl (C=O) groups is 2. The number of allylic oxidation sites excluding steroid dienone is 3. The first kappa shape index (κ1) is 16.1. The van der Waals surface area contributed by atoms with Gasteiger partial charge in [0, 0.05) is 34.7 Å². The zero-order chi connectivity index (χ0) is 18.3. The van der Waals surface area contributed by atoms with Gasteiger partial charge < -0.3 is 15.0 Å². The van der Waals surface area contributed by atoms with Crippen molar-refractivity contribution in [1.82, 2.24) is 10.3 Å². The Bertz CT molecular complexity index is 1050. The Kier molecular flexibility index (Phi) is 3.80. The molecule has 26 heavy (non-hydrogen) atoms. The molecule has 6 heteroatoms. The van der Waals surface area contributed by atoms with Gasteiger partial charge in [-0.15, -0.1) is 0 Å². The minimum absolute atomic E-state index is 0.0299. The van der Waals surface area contributed by atoms with Gasteiger partial charge in [-0.05, 0) is 37.3 Å². The van der Waals surface area contributed by atoms with E-state index in [1.165, 1.54) is 0 Å². The lowest BCUT2D eigenvalue weighted by Gasteiger charge is -2.25. The van der Waals surface area contributed by atoms with Crippen LogP contribution in [0, 0.1) is 5.92 Å². The number of ether oxygens (including phenoxy) is 1. The highest BCUT2D eigenvalue weighted by atomic mass is 16.5. The summed E-state index contributed by atoms with van der Waals surface area (Å²) in [7, 11) is 1.60. The Balaban J connectivity index is 1.63. The molecular weight excluding hydrogens is 330 g/mol. The Morgan fingerprint density at radius 3 is 2.88 bits per heavy atom. The standard InChI is InChI=1S/C20H17N3O3/c1-11-7-19(24)23-17-9-13(4-6-15(11)17)21-20(25)18-8-12-3-5-14(26-2)10-16(12)22-18/h3-10,15,22H,1-2H3,(H,23,24). The third-order valence-electron chi connectivity index (χ3n) is 4.51. The quantitative estimate of drug-likeness (QED) is 0.876. The fraction of sp³-hybridized carbons (Fsp3) is 0.150. The van der Waals surface area contributed by atoms with Gasteiger partial charge >= 0.3 is 0 Å². The fourth-order valence-electron chi connectivity index (χ4n) is 3.18. The molecule has 0 radical (unpaired) electrons. The van der Waals surface area contributed by atoms with Crippen LogP contribution in [-0.2, 0) is 4.79 Å². The Morgan fingerprint density at radius 2 is 2.08 bits per heavy atom. The summed E-state index contributed by atoms with van der Waals surface area (Å²) in [5, 5.41) is 3.72. The van der Waals surface area contributed by atoms with Gasteiger partial charge in [-0.25, -0.2) is 4.99 Å². The average molecular weight is 347 g/mol. The number of aromatic amines is 1. The number of nitrogens with one attached hydrogen (secondary N) is 2. The second-order valence-electron chi connectivity index (χ2n) is 6.29. The normalized spacial score (nSPS) is 20.5. The molecule has 4 rings (SSSR count). The molecule has 2 aromatic rings. The SMILES string of the molecule is COc1ccc2cc(C(=O)N=C3C=CC4C(C)=CC(=O)NC4=C3)[nH]c2c1. The first-order valence-corrected chi connectivity index (χ1v) is 8.22. The van der Waals surface area contributed by atoms with Crippen molar-refractivity contribution in [2.75, 3.05) is 7.11 Å². The van der Waals surface area contributed by atoms with Gasteiger partial charge in [-0.2, -0.15) is 0 Å². The van der Waals surface area contributed by atoms with Crippen molar-refractivity contribution >= 4 is 28.4 Å². The molecule has 1 aromatic carbocycles. The Morgan fingerprint density at radius 1 is 1.23 bits per heavy atom. The van der Waals surface area contributed by atoms with E-state index in [1.807, 2.05) is 31.2 Å². The van der Waals surface area contributed by atoms with Crippen LogP contribution in [0.5, 0.6) is 5.75 Å². The number of benzene rings is 1. The number of H-pyrrole nitrogens is 1. The molecule has 0 saturated carbocycles. The van der Waals surface area contributed by atoms with E-state index in [-0.39, 0.29) is 17.7 Å². The molecule has 2 aliphatic rings. The van der Waals surface area contributed by atoms with Crippen molar-refractivity contribution in [3.05, 3.63) is 65.5 Å². The number of hydrogen-bond acceptors (Lipinski definition) is 3. The van der Waals surface area contributed by atoms with Gasteiger partial charge in [0.2, 0.25) is 5.91 Å². The molecule has 1 unspecified atom stereocenters. The molecule has 2 N–H and O–H groups in total. The maximum absolute atomic E-state index is 12.5.